The van der Waals surface area contributed by atoms with Crippen molar-refractivity contribution in [2.24, 2.45) is 0 Å². The molecule has 178 valence electrons. The van der Waals surface area contributed by atoms with E-state index in [0.29, 0.717) is 0 Å². The lowest BCUT2D eigenvalue weighted by Crippen LogP contribution is -2.49. The largest absolute Gasteiger partial charge is 0.461 e. The van der Waals surface area contributed by atoms with Gasteiger partial charge in [-0.05, 0) is 0 Å². The molecule has 0 bridgehead atoms. The number of nitrogens with zero attached hydrogens (tertiary/aromatic N) is 3. The van der Waals surface area contributed by atoms with Crippen LogP contribution in [0.5, 0.6) is 0 Å². The minimum atomic E-state index is -2.29. The third-order valence-corrected chi connectivity index (χ3v) is 4.95. The molecule has 0 spiro atoms. The summed E-state index contributed by atoms with van der Waals surface area (Å²) in [5, 5.41) is 67.6. The molecule has 1 fully saturated rings. The summed E-state index contributed by atoms with van der Waals surface area (Å²) < 4.78 is 11.4. The second kappa shape index (κ2) is 9.43. The quantitative estimate of drug-likeness (QED) is 0.166. The molecule has 16 nitrogen and oxygen atoms in total. The maximum atomic E-state index is 11.9. The molecule has 2 aromatic heterocycles. The van der Waals surface area contributed by atoms with Gasteiger partial charge >= 0.3 is 5.97 Å². The number of nitrogens with one attached hydrogen (secondary N) is 1. The molecule has 1 saturated heterocycles. The molecule has 4 unspecified atom stereocenters. The Hall–Kier alpha value is -2.70. The Kier molecular flexibility index (Phi) is 7.06. The van der Waals surface area contributed by atoms with Crippen molar-refractivity contribution >= 4 is 23.1 Å². The molecule has 8 atom stereocenters. The summed E-state index contributed by atoms with van der Waals surface area (Å²) in [6.07, 6.45) is -12.9. The highest BCUT2D eigenvalue weighted by atomic mass is 16.6. The molecule has 16 heteroatoms. The van der Waals surface area contributed by atoms with E-state index in [1.165, 1.54) is 0 Å². The number of aliphatic hydroxyl groups is 7. The first-order chi connectivity index (χ1) is 15.1. The molecule has 32 heavy (non-hydrogen) atoms. The number of carbonyl (C=O) groups excluding carboxylic acids is 1. The number of nitrogen functional groups attached to an aromatic ring is 1. The number of aromatic nitrogens is 4. The van der Waals surface area contributed by atoms with Crippen molar-refractivity contribution in [1.29, 1.82) is 0 Å². The predicted octanol–water partition coefficient (Wildman–Crippen LogP) is -5.70. The standard InChI is InChI=1S/C16H23N5O11/c17-16-19-12-6(13(29)20-16)18-3-21(12)14-10(27)8(25)5(32-14)2-31-15(30)11(28)9(26)7(24)4(23)1-22/h3-5,7-11,14,22-28H,1-2H2,(H3,17,19,20,29)/t4?,5-,7?,8-,9?,10-,11?,14-/m1/s1. The SMILES string of the molecule is Nc1nc2c(ncn2[C@@H]2O[C@H](COC(=O)C(O)C(O)C(O)C(O)CO)[C@@H](O)[C@H]2O)c(=O)[nH]1. The predicted molar refractivity (Wildman–Crippen MR) is 101 cm³/mol. The van der Waals surface area contributed by atoms with E-state index in [-0.39, 0.29) is 17.1 Å². The summed E-state index contributed by atoms with van der Waals surface area (Å²) in [6.45, 7) is -1.62. The van der Waals surface area contributed by atoms with Gasteiger partial charge in [-0.15, -0.1) is 0 Å². The monoisotopic (exact) mass is 461 g/mol. The lowest BCUT2D eigenvalue weighted by Gasteiger charge is -2.25. The maximum Gasteiger partial charge on any atom is 0.337 e. The van der Waals surface area contributed by atoms with Gasteiger partial charge in [0.1, 0.15) is 43.2 Å². The molecule has 0 aromatic carbocycles. The number of ether oxygens (including phenoxy) is 2. The summed E-state index contributed by atoms with van der Waals surface area (Å²) in [4.78, 5) is 33.9. The van der Waals surface area contributed by atoms with Gasteiger partial charge < -0.3 is 51.0 Å². The highest BCUT2D eigenvalue weighted by Gasteiger charge is 2.45. The Balaban J connectivity index is 1.67. The number of imidazole rings is 1. The zero-order valence-corrected chi connectivity index (χ0v) is 16.3. The van der Waals surface area contributed by atoms with Crippen molar-refractivity contribution in [2.75, 3.05) is 18.9 Å². The van der Waals surface area contributed by atoms with Gasteiger partial charge in [0.05, 0.1) is 12.9 Å². The fourth-order valence-corrected chi connectivity index (χ4v) is 3.14. The first-order valence-corrected chi connectivity index (χ1v) is 9.30. The molecule has 0 radical (unpaired) electrons. The van der Waals surface area contributed by atoms with Crippen LogP contribution in [0.25, 0.3) is 11.2 Å². The summed E-state index contributed by atoms with van der Waals surface area (Å²) in [5.74, 6) is -1.65. The Bertz CT molecular complexity index is 1010. The number of anilines is 1. The first kappa shape index (κ1) is 24.0. The van der Waals surface area contributed by atoms with Crippen LogP contribution in [0.3, 0.4) is 0 Å². The molecular formula is C16H23N5O11. The van der Waals surface area contributed by atoms with Crippen LogP contribution >= 0.6 is 0 Å². The van der Waals surface area contributed by atoms with Crippen molar-refractivity contribution in [3.8, 4) is 0 Å². The molecule has 1 aliphatic rings. The summed E-state index contributed by atoms with van der Waals surface area (Å²) in [7, 11) is 0. The first-order valence-electron chi connectivity index (χ1n) is 9.30. The number of nitrogens with two attached hydrogens (primary N) is 1. The number of carbonyl (C=O) groups is 1. The van der Waals surface area contributed by atoms with E-state index in [1.54, 1.807) is 0 Å². The van der Waals surface area contributed by atoms with Crippen molar-refractivity contribution in [3.05, 3.63) is 16.7 Å². The third-order valence-electron chi connectivity index (χ3n) is 4.95. The summed E-state index contributed by atoms with van der Waals surface area (Å²) >= 11 is 0. The minimum absolute atomic E-state index is 0.0323. The van der Waals surface area contributed by atoms with E-state index < -0.39 is 73.7 Å². The van der Waals surface area contributed by atoms with Crippen molar-refractivity contribution < 1.29 is 50.0 Å². The van der Waals surface area contributed by atoms with E-state index >= 15 is 0 Å². The summed E-state index contributed by atoms with van der Waals surface area (Å²) in [6, 6.07) is 0. The Morgan fingerprint density at radius 3 is 2.59 bits per heavy atom. The fraction of sp³-hybridized carbons (Fsp3) is 0.625. The smallest absolute Gasteiger partial charge is 0.337 e. The van der Waals surface area contributed by atoms with Crippen molar-refractivity contribution in [2.45, 2.75) is 49.0 Å². The van der Waals surface area contributed by atoms with Gasteiger partial charge in [0.25, 0.3) is 5.56 Å². The third kappa shape index (κ3) is 4.43. The zero-order valence-electron chi connectivity index (χ0n) is 16.3. The van der Waals surface area contributed by atoms with Gasteiger partial charge in [-0.2, -0.15) is 4.98 Å². The second-order valence-electron chi connectivity index (χ2n) is 7.13. The lowest BCUT2D eigenvalue weighted by molar-refractivity contribution is -0.175. The molecule has 1 aliphatic heterocycles. The normalized spacial score (nSPS) is 27.2. The average molecular weight is 461 g/mol. The molecule has 0 amide bonds. The molecular weight excluding hydrogens is 438 g/mol. The van der Waals surface area contributed by atoms with Gasteiger partial charge in [-0.1, -0.05) is 0 Å². The van der Waals surface area contributed by atoms with Gasteiger partial charge in [-0.25, -0.2) is 9.78 Å². The second-order valence-corrected chi connectivity index (χ2v) is 7.13. The number of esters is 1. The van der Waals surface area contributed by atoms with Crippen LogP contribution in [0.4, 0.5) is 5.95 Å². The minimum Gasteiger partial charge on any atom is -0.461 e. The summed E-state index contributed by atoms with van der Waals surface area (Å²) in [5.41, 5.74) is 4.75. The molecule has 10 N–H and O–H groups in total. The number of H-pyrrole nitrogens is 1. The van der Waals surface area contributed by atoms with Crippen LogP contribution in [0.15, 0.2) is 11.1 Å². The molecule has 0 aliphatic carbocycles. The Morgan fingerprint density at radius 1 is 1.25 bits per heavy atom. The number of fused-ring (bicyclic) bond motifs is 1. The Morgan fingerprint density at radius 2 is 1.94 bits per heavy atom. The number of rotatable bonds is 8. The highest BCUT2D eigenvalue weighted by Crippen LogP contribution is 2.31. The van der Waals surface area contributed by atoms with Gasteiger partial charge in [0.15, 0.2) is 23.5 Å². The van der Waals surface area contributed by atoms with E-state index in [4.69, 9.17) is 20.3 Å². The zero-order chi connectivity index (χ0) is 23.7. The highest BCUT2D eigenvalue weighted by molar-refractivity contribution is 5.75. The van der Waals surface area contributed by atoms with Gasteiger partial charge in [-0.3, -0.25) is 14.3 Å². The molecule has 3 heterocycles. The van der Waals surface area contributed by atoms with Crippen LogP contribution in [-0.4, -0.2) is 117 Å². The molecule has 0 saturated carbocycles. The van der Waals surface area contributed by atoms with Crippen LogP contribution in [-0.2, 0) is 14.3 Å². The molecule has 2 aromatic rings. The van der Waals surface area contributed by atoms with E-state index in [2.05, 4.69) is 15.0 Å². The van der Waals surface area contributed by atoms with E-state index in [1.807, 2.05) is 0 Å². The van der Waals surface area contributed by atoms with Gasteiger partial charge in [0.2, 0.25) is 5.95 Å². The van der Waals surface area contributed by atoms with Gasteiger partial charge in [0, 0.05) is 0 Å². The lowest BCUT2D eigenvalue weighted by atomic mass is 10.0. The molecule has 3 rings (SSSR count). The topological polar surface area (TPSA) is 267 Å². The van der Waals surface area contributed by atoms with Crippen LogP contribution in [0, 0.1) is 0 Å². The average Bonchev–Trinajstić information content (AvgIpc) is 3.31. The number of hydrogen-bond acceptors (Lipinski definition) is 14. The number of aliphatic hydroxyl groups excluding tert-OH is 7. The maximum absolute atomic E-state index is 11.9. The number of aromatic amines is 1. The van der Waals surface area contributed by atoms with E-state index in [0.717, 1.165) is 10.9 Å². The van der Waals surface area contributed by atoms with E-state index in [9.17, 15) is 40.2 Å². The van der Waals surface area contributed by atoms with Crippen LogP contribution < -0.4 is 11.3 Å². The van der Waals surface area contributed by atoms with Crippen LogP contribution in [0.2, 0.25) is 0 Å². The van der Waals surface area contributed by atoms with Crippen molar-refractivity contribution in [1.82, 2.24) is 19.5 Å². The van der Waals surface area contributed by atoms with Crippen molar-refractivity contribution in [3.63, 3.8) is 0 Å². The fourth-order valence-electron chi connectivity index (χ4n) is 3.14. The van der Waals surface area contributed by atoms with Crippen LogP contribution in [0.1, 0.15) is 6.23 Å². The Labute approximate surface area is 178 Å². The number of hydrogen-bond donors (Lipinski definition) is 9.